The van der Waals surface area contributed by atoms with Crippen LogP contribution in [0.4, 0.5) is 9.18 Å². The molecule has 2 N–H and O–H groups in total. The number of halogens is 1. The second-order valence-corrected chi connectivity index (χ2v) is 11.0. The Labute approximate surface area is 183 Å². The minimum absolute atomic E-state index is 0.000205. The van der Waals surface area contributed by atoms with E-state index in [-0.39, 0.29) is 30.5 Å². The molecule has 1 aliphatic heterocycles. The van der Waals surface area contributed by atoms with Gasteiger partial charge in [-0.15, -0.1) is 0 Å². The van der Waals surface area contributed by atoms with Gasteiger partial charge in [0.25, 0.3) is 0 Å². The molecule has 4 rings (SSSR count). The Bertz CT molecular complexity index is 903. The van der Waals surface area contributed by atoms with E-state index in [1.54, 1.807) is 12.1 Å². The van der Waals surface area contributed by atoms with Gasteiger partial charge in [-0.3, -0.25) is 4.90 Å². The molecular formula is C22H31FN2O5S. The monoisotopic (exact) mass is 454 g/mol. The molecule has 0 aromatic heterocycles. The van der Waals surface area contributed by atoms with Crippen molar-refractivity contribution in [3.05, 3.63) is 35.6 Å². The molecule has 3 fully saturated rings. The van der Waals surface area contributed by atoms with Crippen molar-refractivity contribution >= 4 is 16.1 Å². The average Bonchev–Trinajstić information content (AvgIpc) is 3.27. The van der Waals surface area contributed by atoms with Gasteiger partial charge >= 0.3 is 6.09 Å². The van der Waals surface area contributed by atoms with Gasteiger partial charge in [-0.1, -0.05) is 18.6 Å². The van der Waals surface area contributed by atoms with E-state index in [0.29, 0.717) is 5.92 Å². The Morgan fingerprint density at radius 1 is 1.23 bits per heavy atom. The first-order chi connectivity index (χ1) is 14.7. The van der Waals surface area contributed by atoms with Crippen molar-refractivity contribution in [3.63, 3.8) is 0 Å². The van der Waals surface area contributed by atoms with Crippen LogP contribution in [0.1, 0.15) is 56.4 Å². The first-order valence-corrected chi connectivity index (χ1v) is 13.0. The summed E-state index contributed by atoms with van der Waals surface area (Å²) in [5.41, 5.74) is 1.01. The average molecular weight is 455 g/mol. The zero-order valence-electron chi connectivity index (χ0n) is 17.7. The molecule has 0 bridgehead atoms. The Morgan fingerprint density at radius 2 is 1.97 bits per heavy atom. The summed E-state index contributed by atoms with van der Waals surface area (Å²) in [4.78, 5) is 13.4. The molecule has 172 valence electrons. The second kappa shape index (κ2) is 9.03. The number of nitrogens with zero attached hydrogens (tertiary/aromatic N) is 1. The van der Waals surface area contributed by atoms with Crippen LogP contribution < -0.4 is 4.72 Å². The van der Waals surface area contributed by atoms with Crippen molar-refractivity contribution in [3.8, 4) is 0 Å². The third-order valence-corrected chi connectivity index (χ3v) is 7.89. The second-order valence-electron chi connectivity index (χ2n) is 9.20. The predicted molar refractivity (Wildman–Crippen MR) is 114 cm³/mol. The number of ether oxygens (including phenoxy) is 1. The molecule has 0 unspecified atom stereocenters. The number of likely N-dealkylation sites (tertiary alicyclic amines) is 1. The van der Waals surface area contributed by atoms with E-state index in [9.17, 15) is 22.7 Å². The van der Waals surface area contributed by atoms with Crippen LogP contribution in [0.25, 0.3) is 0 Å². The first kappa shape index (κ1) is 22.5. The molecule has 1 aromatic carbocycles. The van der Waals surface area contributed by atoms with Crippen LogP contribution in [0, 0.1) is 11.7 Å². The third-order valence-electron chi connectivity index (χ3n) is 7.19. The quantitative estimate of drug-likeness (QED) is 0.688. The zero-order chi connectivity index (χ0) is 22.2. The first-order valence-electron chi connectivity index (χ1n) is 11.1. The van der Waals surface area contributed by atoms with Crippen molar-refractivity contribution in [1.82, 2.24) is 9.62 Å². The summed E-state index contributed by atoms with van der Waals surface area (Å²) in [6, 6.07) is 5.59. The highest BCUT2D eigenvalue weighted by Crippen LogP contribution is 2.42. The minimum atomic E-state index is -3.47. The number of hydrogen-bond donors (Lipinski definition) is 2. The molecule has 2 saturated carbocycles. The van der Waals surface area contributed by atoms with Gasteiger partial charge in [-0.25, -0.2) is 22.3 Å². The molecule has 0 spiro atoms. The van der Waals surface area contributed by atoms with Crippen LogP contribution in [-0.2, 0) is 14.8 Å². The van der Waals surface area contributed by atoms with Gasteiger partial charge in [0.15, 0.2) is 0 Å². The van der Waals surface area contributed by atoms with E-state index in [1.165, 1.54) is 11.0 Å². The minimum Gasteiger partial charge on any atom is -0.465 e. The van der Waals surface area contributed by atoms with Gasteiger partial charge in [0.1, 0.15) is 5.82 Å². The molecule has 1 aromatic rings. The smallest absolute Gasteiger partial charge is 0.407 e. The van der Waals surface area contributed by atoms with Gasteiger partial charge in [0, 0.05) is 12.1 Å². The number of amides is 1. The van der Waals surface area contributed by atoms with Crippen LogP contribution in [-0.4, -0.2) is 61.6 Å². The molecule has 1 amide bonds. The highest BCUT2D eigenvalue weighted by atomic mass is 32.2. The maximum Gasteiger partial charge on any atom is 0.407 e. The number of carboxylic acid groups (broad SMARTS) is 1. The van der Waals surface area contributed by atoms with E-state index in [0.717, 1.165) is 56.8 Å². The Morgan fingerprint density at radius 3 is 2.61 bits per heavy atom. The number of sulfonamides is 1. The summed E-state index contributed by atoms with van der Waals surface area (Å²) in [5, 5.41) is 9.83. The van der Waals surface area contributed by atoms with Gasteiger partial charge in [0.2, 0.25) is 10.0 Å². The fourth-order valence-corrected chi connectivity index (χ4v) is 6.70. The molecule has 31 heavy (non-hydrogen) atoms. The summed E-state index contributed by atoms with van der Waals surface area (Å²) in [6.07, 6.45) is 5.99. The summed E-state index contributed by atoms with van der Waals surface area (Å²) in [6.45, 7) is 0.182. The summed E-state index contributed by atoms with van der Waals surface area (Å²) < 4.78 is 46.3. The maximum absolute atomic E-state index is 13.5. The standard InChI is InChI=1S/C22H31FN2O5S/c1-31(28,29)24-21-18-6-3-7-19(18)25(22(26)27)20(21)13-30-17-10-8-14(9-11-17)15-4-2-5-16(23)12-15/h2,4-5,12,14,17-21,24H,3,6-11,13H2,1H3,(H,26,27)/t14?,17?,18-,19+,20-,21-/m0/s1. The van der Waals surface area contributed by atoms with Crippen LogP contribution in [0.5, 0.6) is 0 Å². The normalized spacial score (nSPS) is 33.4. The predicted octanol–water partition coefficient (Wildman–Crippen LogP) is 3.32. The van der Waals surface area contributed by atoms with Crippen molar-refractivity contribution in [2.45, 2.75) is 75.1 Å². The van der Waals surface area contributed by atoms with Crippen LogP contribution in [0.15, 0.2) is 24.3 Å². The summed E-state index contributed by atoms with van der Waals surface area (Å²) in [5.74, 6) is 0.0699. The molecule has 0 radical (unpaired) electrons. The maximum atomic E-state index is 13.5. The molecule has 1 heterocycles. The molecular weight excluding hydrogens is 423 g/mol. The van der Waals surface area contributed by atoms with E-state index in [4.69, 9.17) is 4.74 Å². The fraction of sp³-hybridized carbons (Fsp3) is 0.682. The summed E-state index contributed by atoms with van der Waals surface area (Å²) >= 11 is 0. The third kappa shape index (κ3) is 5.04. The SMILES string of the molecule is CS(=O)(=O)N[C@H]1[C@H]2CCC[C@H]2N(C(=O)O)[C@H]1COC1CCC(c2cccc(F)c2)CC1. The Kier molecular flexibility index (Phi) is 6.55. The van der Waals surface area contributed by atoms with E-state index < -0.39 is 28.2 Å². The highest BCUT2D eigenvalue weighted by molar-refractivity contribution is 7.88. The van der Waals surface area contributed by atoms with Crippen molar-refractivity contribution in [2.24, 2.45) is 5.92 Å². The lowest BCUT2D eigenvalue weighted by Crippen LogP contribution is -2.51. The number of nitrogens with one attached hydrogen (secondary N) is 1. The van der Waals surface area contributed by atoms with Gasteiger partial charge < -0.3 is 9.84 Å². The Hall–Kier alpha value is -1.71. The lowest BCUT2D eigenvalue weighted by Gasteiger charge is -2.33. The lowest BCUT2D eigenvalue weighted by molar-refractivity contribution is -0.00815. The van der Waals surface area contributed by atoms with E-state index >= 15 is 0 Å². The van der Waals surface area contributed by atoms with Crippen LogP contribution in [0.2, 0.25) is 0 Å². The largest absolute Gasteiger partial charge is 0.465 e. The molecule has 7 nitrogen and oxygen atoms in total. The number of carbonyl (C=O) groups is 1. The van der Waals surface area contributed by atoms with E-state index in [1.807, 2.05) is 6.07 Å². The molecule has 1 saturated heterocycles. The number of fused-ring (bicyclic) bond motifs is 1. The van der Waals surface area contributed by atoms with Gasteiger partial charge in [-0.05, 0) is 68.1 Å². The molecule has 2 aliphatic carbocycles. The topological polar surface area (TPSA) is 95.9 Å². The van der Waals surface area contributed by atoms with Gasteiger partial charge in [-0.2, -0.15) is 0 Å². The number of rotatable bonds is 6. The Balaban J connectivity index is 1.39. The summed E-state index contributed by atoms with van der Waals surface area (Å²) in [7, 11) is -3.47. The van der Waals surface area contributed by atoms with Crippen molar-refractivity contribution in [1.29, 1.82) is 0 Å². The molecule has 3 aliphatic rings. The fourth-order valence-electron chi connectivity index (χ4n) is 5.88. The van der Waals surface area contributed by atoms with Crippen molar-refractivity contribution < 1.29 is 27.4 Å². The van der Waals surface area contributed by atoms with Gasteiger partial charge in [0.05, 0.1) is 25.0 Å². The molecule has 4 atom stereocenters. The zero-order valence-corrected chi connectivity index (χ0v) is 18.6. The highest BCUT2D eigenvalue weighted by Gasteiger charge is 2.53. The number of hydrogen-bond acceptors (Lipinski definition) is 4. The molecule has 9 heteroatoms. The number of benzene rings is 1. The van der Waals surface area contributed by atoms with E-state index in [2.05, 4.69) is 4.72 Å². The van der Waals surface area contributed by atoms with Crippen LogP contribution >= 0.6 is 0 Å². The lowest BCUT2D eigenvalue weighted by atomic mass is 9.82. The van der Waals surface area contributed by atoms with Crippen molar-refractivity contribution in [2.75, 3.05) is 12.9 Å². The van der Waals surface area contributed by atoms with Crippen LogP contribution in [0.3, 0.4) is 0 Å².